The predicted octanol–water partition coefficient (Wildman–Crippen LogP) is 3.28. The van der Waals surface area contributed by atoms with Crippen LogP contribution in [0.15, 0.2) is 45.6 Å². The van der Waals surface area contributed by atoms with Crippen molar-refractivity contribution in [3.05, 3.63) is 69.3 Å². The van der Waals surface area contributed by atoms with Gasteiger partial charge in [0.2, 0.25) is 0 Å². The minimum absolute atomic E-state index is 0.125. The number of carbonyl (C=O) groups excluding carboxylic acids is 1. The van der Waals surface area contributed by atoms with Crippen molar-refractivity contribution in [1.82, 2.24) is 9.80 Å². The van der Waals surface area contributed by atoms with E-state index in [0.29, 0.717) is 18.2 Å². The first kappa shape index (κ1) is 20.3. The van der Waals surface area contributed by atoms with Crippen LogP contribution in [0.25, 0.3) is 0 Å². The molecule has 0 spiro atoms. The van der Waals surface area contributed by atoms with E-state index in [1.165, 1.54) is 23.3 Å². The van der Waals surface area contributed by atoms with Gasteiger partial charge in [0.15, 0.2) is 11.2 Å². The van der Waals surface area contributed by atoms with E-state index in [0.717, 1.165) is 38.9 Å². The molecule has 2 aromatic rings. The predicted molar refractivity (Wildman–Crippen MR) is 111 cm³/mol. The highest BCUT2D eigenvalue weighted by Crippen LogP contribution is 2.19. The number of nitrogens with zero attached hydrogens (tertiary/aromatic N) is 2. The Balaban J connectivity index is 1.54. The van der Waals surface area contributed by atoms with E-state index in [1.807, 2.05) is 0 Å². The van der Waals surface area contributed by atoms with Crippen LogP contribution in [-0.4, -0.2) is 48.9 Å². The van der Waals surface area contributed by atoms with Gasteiger partial charge < -0.3 is 14.2 Å². The molecular weight excluding hydrogens is 352 g/mol. The van der Waals surface area contributed by atoms with Crippen LogP contribution < -0.4 is 5.43 Å². The largest absolute Gasteiger partial charge is 0.456 e. The summed E-state index contributed by atoms with van der Waals surface area (Å²) < 4.78 is 5.45. The van der Waals surface area contributed by atoms with Gasteiger partial charge in [-0.25, -0.2) is 0 Å². The van der Waals surface area contributed by atoms with Crippen LogP contribution in [0.1, 0.15) is 40.3 Å². The van der Waals surface area contributed by atoms with Gasteiger partial charge in [-0.1, -0.05) is 24.3 Å². The van der Waals surface area contributed by atoms with Gasteiger partial charge in [-0.3, -0.25) is 9.59 Å². The summed E-state index contributed by atoms with van der Waals surface area (Å²) in [6.07, 6.45) is 3.33. The first-order valence-electron chi connectivity index (χ1n) is 10.1. The molecule has 0 bridgehead atoms. The number of amides is 1. The fraction of sp³-hybridized carbons (Fsp3) is 0.478. The summed E-state index contributed by atoms with van der Waals surface area (Å²) in [5, 5.41) is 0. The van der Waals surface area contributed by atoms with Crippen LogP contribution in [0.2, 0.25) is 0 Å². The second-order valence-corrected chi connectivity index (χ2v) is 7.94. The molecule has 0 saturated carbocycles. The molecule has 1 aromatic carbocycles. The molecule has 1 amide bonds. The van der Waals surface area contributed by atoms with E-state index in [4.69, 9.17) is 4.42 Å². The lowest BCUT2D eigenvalue weighted by Gasteiger charge is -2.34. The molecule has 1 aromatic heterocycles. The maximum absolute atomic E-state index is 12.6. The van der Waals surface area contributed by atoms with Crippen molar-refractivity contribution in [3.8, 4) is 0 Å². The van der Waals surface area contributed by atoms with Crippen LogP contribution in [0.5, 0.6) is 0 Å². The van der Waals surface area contributed by atoms with Crippen molar-refractivity contribution in [3.63, 3.8) is 0 Å². The monoisotopic (exact) mass is 382 g/mol. The Morgan fingerprint density at radius 3 is 2.79 bits per heavy atom. The van der Waals surface area contributed by atoms with Crippen LogP contribution in [0.3, 0.4) is 0 Å². The van der Waals surface area contributed by atoms with E-state index in [2.05, 4.69) is 36.1 Å². The number of benzene rings is 1. The Morgan fingerprint density at radius 1 is 1.25 bits per heavy atom. The second kappa shape index (κ2) is 9.20. The summed E-state index contributed by atoms with van der Waals surface area (Å²) in [7, 11) is 1.79. The van der Waals surface area contributed by atoms with E-state index in [9.17, 15) is 9.59 Å². The maximum atomic E-state index is 12.6. The minimum Gasteiger partial charge on any atom is -0.456 e. The van der Waals surface area contributed by atoms with Gasteiger partial charge in [0.05, 0.1) is 0 Å². The quantitative estimate of drug-likeness (QED) is 0.769. The molecule has 5 heteroatoms. The average molecular weight is 383 g/mol. The second-order valence-electron chi connectivity index (χ2n) is 7.94. The summed E-state index contributed by atoms with van der Waals surface area (Å²) >= 11 is 0. The number of aryl methyl sites for hydroxylation is 2. The van der Waals surface area contributed by atoms with E-state index in [1.54, 1.807) is 18.9 Å². The molecule has 150 valence electrons. The molecule has 1 aliphatic heterocycles. The molecule has 28 heavy (non-hydrogen) atoms. The molecule has 1 atom stereocenters. The minimum atomic E-state index is -0.224. The lowest BCUT2D eigenvalue weighted by atomic mass is 9.96. The number of hydrogen-bond acceptors (Lipinski definition) is 4. The van der Waals surface area contributed by atoms with Crippen LogP contribution in [0.4, 0.5) is 0 Å². The van der Waals surface area contributed by atoms with Crippen molar-refractivity contribution in [1.29, 1.82) is 0 Å². The zero-order chi connectivity index (χ0) is 20.1. The Labute approximate surface area is 167 Å². The van der Waals surface area contributed by atoms with Crippen molar-refractivity contribution in [2.45, 2.75) is 33.1 Å². The van der Waals surface area contributed by atoms with Crippen LogP contribution in [0, 0.1) is 19.8 Å². The van der Waals surface area contributed by atoms with Crippen molar-refractivity contribution >= 4 is 5.91 Å². The van der Waals surface area contributed by atoms with Gasteiger partial charge >= 0.3 is 0 Å². The maximum Gasteiger partial charge on any atom is 0.289 e. The molecule has 0 aliphatic carbocycles. The van der Waals surface area contributed by atoms with E-state index < -0.39 is 0 Å². The fourth-order valence-electron chi connectivity index (χ4n) is 4.04. The lowest BCUT2D eigenvalue weighted by molar-refractivity contribution is 0.0695. The standard InChI is InChI=1S/C23H30N2O3/c1-17-7-4-5-9-20(17)10-12-25-11-6-8-19(16-25)15-24(3)23(27)22-14-21(26)13-18(2)28-22/h4-5,7,9,13-14,19H,6,8,10-12,15-16H2,1-3H3/t19-/m1/s1. The Bertz CT molecular complexity index is 874. The smallest absolute Gasteiger partial charge is 0.289 e. The number of rotatable bonds is 6. The molecule has 1 aliphatic rings. The third-order valence-corrected chi connectivity index (χ3v) is 5.54. The summed E-state index contributed by atoms with van der Waals surface area (Å²) in [6, 6.07) is 11.2. The molecule has 0 radical (unpaired) electrons. The number of hydrogen-bond donors (Lipinski definition) is 0. The van der Waals surface area contributed by atoms with Gasteiger partial charge in [-0.15, -0.1) is 0 Å². The highest BCUT2D eigenvalue weighted by atomic mass is 16.3. The Kier molecular flexibility index (Phi) is 6.68. The third-order valence-electron chi connectivity index (χ3n) is 5.54. The van der Waals surface area contributed by atoms with E-state index in [-0.39, 0.29) is 17.1 Å². The summed E-state index contributed by atoms with van der Waals surface area (Å²) in [5.74, 6) is 0.804. The molecule has 1 fully saturated rings. The third kappa shape index (κ3) is 5.32. The van der Waals surface area contributed by atoms with Crippen LogP contribution >= 0.6 is 0 Å². The van der Waals surface area contributed by atoms with Gasteiger partial charge in [0.25, 0.3) is 5.91 Å². The zero-order valence-electron chi connectivity index (χ0n) is 17.1. The Hall–Kier alpha value is -2.40. The van der Waals surface area contributed by atoms with Gasteiger partial charge in [-0.2, -0.15) is 0 Å². The van der Waals surface area contributed by atoms with Crippen molar-refractivity contribution < 1.29 is 9.21 Å². The van der Waals surface area contributed by atoms with Gasteiger partial charge in [-0.05, 0) is 56.7 Å². The van der Waals surface area contributed by atoms with E-state index >= 15 is 0 Å². The fourth-order valence-corrected chi connectivity index (χ4v) is 4.04. The lowest BCUT2D eigenvalue weighted by Crippen LogP contribution is -2.42. The zero-order valence-corrected chi connectivity index (χ0v) is 17.1. The van der Waals surface area contributed by atoms with Gasteiger partial charge in [0.1, 0.15) is 5.76 Å². The topological polar surface area (TPSA) is 53.8 Å². The van der Waals surface area contributed by atoms with Crippen molar-refractivity contribution in [2.75, 3.05) is 33.2 Å². The molecule has 0 unspecified atom stereocenters. The molecule has 1 saturated heterocycles. The summed E-state index contributed by atoms with van der Waals surface area (Å²) in [4.78, 5) is 28.5. The number of likely N-dealkylation sites (tertiary alicyclic amines) is 1. The number of carbonyl (C=O) groups is 1. The van der Waals surface area contributed by atoms with Crippen molar-refractivity contribution in [2.24, 2.45) is 5.92 Å². The van der Waals surface area contributed by atoms with Gasteiger partial charge in [0, 0.05) is 38.8 Å². The molecule has 5 nitrogen and oxygen atoms in total. The SMILES string of the molecule is Cc1cc(=O)cc(C(=O)N(C)C[C@H]2CCCN(CCc3ccccc3C)C2)o1. The highest BCUT2D eigenvalue weighted by Gasteiger charge is 2.24. The Morgan fingerprint density at radius 2 is 2.04 bits per heavy atom. The molecule has 3 rings (SSSR count). The molecular formula is C23H30N2O3. The summed E-state index contributed by atoms with van der Waals surface area (Å²) in [5.41, 5.74) is 2.56. The first-order chi connectivity index (χ1) is 13.4. The average Bonchev–Trinajstić information content (AvgIpc) is 2.66. The number of piperidine rings is 1. The summed E-state index contributed by atoms with van der Waals surface area (Å²) in [6.45, 7) is 7.70. The molecule has 0 N–H and O–H groups in total. The van der Waals surface area contributed by atoms with Crippen LogP contribution in [-0.2, 0) is 6.42 Å². The normalized spacial score (nSPS) is 17.5. The molecule has 2 heterocycles. The highest BCUT2D eigenvalue weighted by molar-refractivity contribution is 5.91. The first-order valence-corrected chi connectivity index (χ1v) is 10.1.